The van der Waals surface area contributed by atoms with Crippen molar-refractivity contribution in [2.75, 3.05) is 10.6 Å². The number of imidazole rings is 1. The third-order valence-electron chi connectivity index (χ3n) is 2.59. The van der Waals surface area contributed by atoms with E-state index >= 15 is 0 Å². The molecule has 118 valence electrons. The molecule has 0 saturated carbocycles. The second-order valence-corrected chi connectivity index (χ2v) is 4.24. The smallest absolute Gasteiger partial charge is 0.406 e. The number of halogens is 3. The van der Waals surface area contributed by atoms with Crippen molar-refractivity contribution in [2.45, 2.75) is 19.8 Å². The molecule has 0 aliphatic heterocycles. The van der Waals surface area contributed by atoms with Crippen LogP contribution in [0.25, 0.3) is 0 Å². The van der Waals surface area contributed by atoms with Crippen LogP contribution in [0.1, 0.15) is 6.92 Å². The van der Waals surface area contributed by atoms with Crippen molar-refractivity contribution < 1.29 is 22.7 Å². The Morgan fingerprint density at radius 3 is 2.50 bits per heavy atom. The molecule has 0 atom stereocenters. The largest absolute Gasteiger partial charge is 0.573 e. The first-order valence-corrected chi connectivity index (χ1v) is 6.31. The highest BCUT2D eigenvalue weighted by molar-refractivity contribution is 5.99. The van der Waals surface area contributed by atoms with E-state index in [-0.39, 0.29) is 5.75 Å². The summed E-state index contributed by atoms with van der Waals surface area (Å²) < 4.78 is 41.6. The molecule has 0 radical (unpaired) electrons. The lowest BCUT2D eigenvalue weighted by atomic mass is 10.3. The zero-order valence-corrected chi connectivity index (χ0v) is 11.5. The van der Waals surface area contributed by atoms with Crippen LogP contribution in [0.15, 0.2) is 36.8 Å². The van der Waals surface area contributed by atoms with Crippen LogP contribution < -0.4 is 15.4 Å². The fourth-order valence-corrected chi connectivity index (χ4v) is 1.62. The Kier molecular flexibility index (Phi) is 4.54. The molecule has 1 aromatic heterocycles. The molecule has 2 N–H and O–H groups in total. The molecule has 0 fully saturated rings. The molecular formula is C13H13F3N4O2. The molecule has 1 aromatic carbocycles. The maximum atomic E-state index is 12.0. The van der Waals surface area contributed by atoms with Gasteiger partial charge in [0.25, 0.3) is 0 Å². The topological polar surface area (TPSA) is 68.2 Å². The number of anilines is 2. The molecular weight excluding hydrogens is 301 g/mol. The molecule has 0 spiro atoms. The van der Waals surface area contributed by atoms with Crippen molar-refractivity contribution in [3.05, 3.63) is 36.8 Å². The Bertz CT molecular complexity index is 637. The van der Waals surface area contributed by atoms with E-state index < -0.39 is 12.4 Å². The Balaban J connectivity index is 1.91. The molecule has 6 nitrogen and oxygen atoms in total. The lowest BCUT2D eigenvalue weighted by molar-refractivity contribution is -0.274. The monoisotopic (exact) mass is 314 g/mol. The van der Waals surface area contributed by atoms with Gasteiger partial charge in [0.1, 0.15) is 5.75 Å². The number of benzene rings is 1. The first kappa shape index (κ1) is 15.7. The summed E-state index contributed by atoms with van der Waals surface area (Å²) in [5.74, 6) is 0.0107. The van der Waals surface area contributed by atoms with E-state index in [0.717, 1.165) is 18.7 Å². The van der Waals surface area contributed by atoms with Gasteiger partial charge in [-0.25, -0.2) is 9.78 Å². The molecule has 0 saturated heterocycles. The minimum absolute atomic E-state index is 0.321. The molecule has 1 heterocycles. The summed E-state index contributed by atoms with van der Waals surface area (Å²) in [6.07, 6.45) is -1.52. The molecule has 2 rings (SSSR count). The van der Waals surface area contributed by atoms with E-state index in [0.29, 0.717) is 11.5 Å². The van der Waals surface area contributed by atoms with Crippen molar-refractivity contribution in [3.8, 4) is 5.75 Å². The zero-order chi connectivity index (χ0) is 16.2. The Morgan fingerprint density at radius 2 is 1.95 bits per heavy atom. The average molecular weight is 314 g/mol. The van der Waals surface area contributed by atoms with Crippen LogP contribution in [0.4, 0.5) is 29.5 Å². The fourth-order valence-electron chi connectivity index (χ4n) is 1.62. The number of nitrogens with zero attached hydrogens (tertiary/aromatic N) is 2. The first-order chi connectivity index (χ1) is 10.4. The minimum Gasteiger partial charge on any atom is -0.406 e. The fraction of sp³-hybridized carbons (Fsp3) is 0.231. The van der Waals surface area contributed by atoms with Crippen LogP contribution in [0, 0.1) is 0 Å². The first-order valence-electron chi connectivity index (χ1n) is 6.31. The van der Waals surface area contributed by atoms with Gasteiger partial charge in [-0.2, -0.15) is 0 Å². The highest BCUT2D eigenvalue weighted by Crippen LogP contribution is 2.23. The summed E-state index contributed by atoms with van der Waals surface area (Å²) in [7, 11) is 0. The number of carbonyl (C=O) groups excluding carboxylic acids is 1. The molecule has 0 aliphatic carbocycles. The number of nitrogens with one attached hydrogen (secondary N) is 2. The van der Waals surface area contributed by atoms with Crippen LogP contribution in [0.3, 0.4) is 0 Å². The molecule has 9 heteroatoms. The van der Waals surface area contributed by atoms with Crippen LogP contribution in [0.5, 0.6) is 5.75 Å². The van der Waals surface area contributed by atoms with Crippen molar-refractivity contribution in [3.63, 3.8) is 0 Å². The van der Waals surface area contributed by atoms with E-state index in [1.807, 2.05) is 6.92 Å². The zero-order valence-electron chi connectivity index (χ0n) is 11.5. The summed E-state index contributed by atoms with van der Waals surface area (Å²) in [5.41, 5.74) is 0.321. The lowest BCUT2D eigenvalue weighted by Crippen LogP contribution is -2.20. The number of ether oxygens (including phenoxy) is 1. The van der Waals surface area contributed by atoms with Gasteiger partial charge in [0.05, 0.1) is 6.33 Å². The van der Waals surface area contributed by atoms with Crippen LogP contribution in [0.2, 0.25) is 0 Å². The number of alkyl halides is 3. The summed E-state index contributed by atoms with van der Waals surface area (Å²) in [4.78, 5) is 15.7. The Labute approximate surface area is 123 Å². The number of rotatable bonds is 4. The molecule has 2 aromatic rings. The number of amides is 2. The number of hydrogen-bond donors (Lipinski definition) is 2. The van der Waals surface area contributed by atoms with Gasteiger partial charge in [0.15, 0.2) is 5.82 Å². The van der Waals surface area contributed by atoms with Gasteiger partial charge in [-0.05, 0) is 31.2 Å². The van der Waals surface area contributed by atoms with Gasteiger partial charge in [-0.1, -0.05) is 0 Å². The van der Waals surface area contributed by atoms with E-state index in [2.05, 4.69) is 20.4 Å². The van der Waals surface area contributed by atoms with Gasteiger partial charge >= 0.3 is 12.4 Å². The summed E-state index contributed by atoms with van der Waals surface area (Å²) in [5, 5.41) is 4.98. The number of carbonyl (C=O) groups is 1. The standard InChI is InChI=1S/C13H13F3N4O2/c1-2-20-7-11(17-8-20)19-12(21)18-9-3-5-10(6-4-9)22-13(14,15)16/h3-8H,2H2,1H3,(H2,18,19,21). The predicted molar refractivity (Wildman–Crippen MR) is 73.7 cm³/mol. The molecule has 0 unspecified atom stereocenters. The number of aromatic nitrogens is 2. The highest BCUT2D eigenvalue weighted by atomic mass is 19.4. The third-order valence-corrected chi connectivity index (χ3v) is 2.59. The maximum Gasteiger partial charge on any atom is 0.573 e. The van der Waals surface area contributed by atoms with Crippen molar-refractivity contribution >= 4 is 17.5 Å². The van der Waals surface area contributed by atoms with Gasteiger partial charge < -0.3 is 14.6 Å². The summed E-state index contributed by atoms with van der Waals surface area (Å²) in [6.45, 7) is 2.65. The van der Waals surface area contributed by atoms with Crippen LogP contribution >= 0.6 is 0 Å². The van der Waals surface area contributed by atoms with Gasteiger partial charge in [-0.15, -0.1) is 13.2 Å². The van der Waals surface area contributed by atoms with Gasteiger partial charge in [0.2, 0.25) is 0 Å². The predicted octanol–water partition coefficient (Wildman–Crippen LogP) is 3.45. The number of hydrogen-bond acceptors (Lipinski definition) is 3. The van der Waals surface area contributed by atoms with Gasteiger partial charge in [0, 0.05) is 18.4 Å². The molecule has 0 aliphatic rings. The Hall–Kier alpha value is -2.71. The van der Waals surface area contributed by atoms with Crippen LogP contribution in [-0.2, 0) is 6.54 Å². The summed E-state index contributed by atoms with van der Waals surface area (Å²) in [6, 6.07) is 4.26. The van der Waals surface area contributed by atoms with Crippen molar-refractivity contribution in [1.29, 1.82) is 0 Å². The normalized spacial score (nSPS) is 11.1. The van der Waals surface area contributed by atoms with E-state index in [9.17, 15) is 18.0 Å². The quantitative estimate of drug-likeness (QED) is 0.908. The molecule has 22 heavy (non-hydrogen) atoms. The Morgan fingerprint density at radius 1 is 1.27 bits per heavy atom. The van der Waals surface area contributed by atoms with E-state index in [4.69, 9.17) is 0 Å². The van der Waals surface area contributed by atoms with Crippen molar-refractivity contribution in [2.24, 2.45) is 0 Å². The molecule has 0 bridgehead atoms. The minimum atomic E-state index is -4.75. The van der Waals surface area contributed by atoms with Crippen LogP contribution in [-0.4, -0.2) is 21.9 Å². The highest BCUT2D eigenvalue weighted by Gasteiger charge is 2.30. The SMILES string of the molecule is CCn1cnc(NC(=O)Nc2ccc(OC(F)(F)F)cc2)c1. The number of urea groups is 1. The average Bonchev–Trinajstić information content (AvgIpc) is 2.87. The number of aryl methyl sites for hydroxylation is 1. The van der Waals surface area contributed by atoms with Crippen molar-refractivity contribution in [1.82, 2.24) is 9.55 Å². The van der Waals surface area contributed by atoms with Gasteiger partial charge in [-0.3, -0.25) is 5.32 Å². The second-order valence-electron chi connectivity index (χ2n) is 4.24. The van der Waals surface area contributed by atoms with E-state index in [1.54, 1.807) is 17.1 Å². The third kappa shape index (κ3) is 4.69. The maximum absolute atomic E-state index is 12.0. The molecule has 2 amide bonds. The lowest BCUT2D eigenvalue weighted by Gasteiger charge is -2.10. The summed E-state index contributed by atoms with van der Waals surface area (Å²) >= 11 is 0. The second kappa shape index (κ2) is 6.37. The van der Waals surface area contributed by atoms with E-state index in [1.165, 1.54) is 12.1 Å².